The molecule has 2 heteroatoms. The van der Waals surface area contributed by atoms with Crippen molar-refractivity contribution < 1.29 is 4.79 Å². The van der Waals surface area contributed by atoms with Gasteiger partial charge in [0.2, 0.25) is 0 Å². The Morgan fingerprint density at radius 1 is 1.38 bits per heavy atom. The SMILES string of the molecule is O=C(CC1CC1)c1ccc2c(c1)CCCN2. The molecule has 1 aliphatic carbocycles. The second kappa shape index (κ2) is 3.93. The highest BCUT2D eigenvalue weighted by molar-refractivity contribution is 5.97. The monoisotopic (exact) mass is 215 g/mol. The minimum Gasteiger partial charge on any atom is -0.385 e. The summed E-state index contributed by atoms with van der Waals surface area (Å²) in [5.41, 5.74) is 3.44. The van der Waals surface area contributed by atoms with Gasteiger partial charge in [-0.3, -0.25) is 4.79 Å². The fourth-order valence-corrected chi connectivity index (χ4v) is 2.35. The molecular formula is C14H17NO. The van der Waals surface area contributed by atoms with Crippen molar-refractivity contribution in [3.63, 3.8) is 0 Å². The van der Waals surface area contributed by atoms with Crippen LogP contribution in [0, 0.1) is 5.92 Å². The number of carbonyl (C=O) groups excluding carboxylic acids is 1. The fraction of sp³-hybridized carbons (Fsp3) is 0.500. The van der Waals surface area contributed by atoms with Crippen LogP contribution in [0.1, 0.15) is 41.6 Å². The van der Waals surface area contributed by atoms with Crippen LogP contribution in [0.4, 0.5) is 5.69 Å². The quantitative estimate of drug-likeness (QED) is 0.785. The van der Waals surface area contributed by atoms with Crippen LogP contribution in [-0.4, -0.2) is 12.3 Å². The molecule has 1 N–H and O–H groups in total. The number of fused-ring (bicyclic) bond motifs is 1. The number of hydrogen-bond donors (Lipinski definition) is 1. The molecule has 0 unspecified atom stereocenters. The smallest absolute Gasteiger partial charge is 0.163 e. The van der Waals surface area contributed by atoms with Gasteiger partial charge in [0.15, 0.2) is 5.78 Å². The predicted molar refractivity (Wildman–Crippen MR) is 64.9 cm³/mol. The first kappa shape index (κ1) is 9.88. The highest BCUT2D eigenvalue weighted by atomic mass is 16.1. The Hall–Kier alpha value is -1.31. The van der Waals surface area contributed by atoms with Crippen molar-refractivity contribution in [1.82, 2.24) is 0 Å². The largest absolute Gasteiger partial charge is 0.385 e. The van der Waals surface area contributed by atoms with Crippen molar-refractivity contribution in [2.75, 3.05) is 11.9 Å². The van der Waals surface area contributed by atoms with Crippen LogP contribution in [-0.2, 0) is 6.42 Å². The van der Waals surface area contributed by atoms with Gasteiger partial charge in [-0.25, -0.2) is 0 Å². The molecule has 3 rings (SSSR count). The summed E-state index contributed by atoms with van der Waals surface area (Å²) in [4.78, 5) is 12.0. The van der Waals surface area contributed by atoms with Crippen molar-refractivity contribution in [3.05, 3.63) is 29.3 Å². The van der Waals surface area contributed by atoms with Crippen molar-refractivity contribution in [2.24, 2.45) is 5.92 Å². The van der Waals surface area contributed by atoms with Crippen LogP contribution in [0.15, 0.2) is 18.2 Å². The number of benzene rings is 1. The number of carbonyl (C=O) groups is 1. The Labute approximate surface area is 96.1 Å². The third-order valence-corrected chi connectivity index (χ3v) is 3.54. The van der Waals surface area contributed by atoms with Crippen LogP contribution in [0.25, 0.3) is 0 Å². The summed E-state index contributed by atoms with van der Waals surface area (Å²) >= 11 is 0. The molecule has 0 aromatic heterocycles. The highest BCUT2D eigenvalue weighted by Crippen LogP contribution is 2.34. The second-order valence-corrected chi connectivity index (χ2v) is 4.97. The van der Waals surface area contributed by atoms with E-state index in [1.807, 2.05) is 6.07 Å². The first-order chi connectivity index (χ1) is 7.83. The minimum absolute atomic E-state index is 0.330. The maximum Gasteiger partial charge on any atom is 0.163 e. The van der Waals surface area contributed by atoms with E-state index in [4.69, 9.17) is 0 Å². The molecule has 1 aliphatic heterocycles. The Morgan fingerprint density at radius 3 is 3.06 bits per heavy atom. The van der Waals surface area contributed by atoms with E-state index < -0.39 is 0 Å². The number of anilines is 1. The number of aryl methyl sites for hydroxylation is 1. The average Bonchev–Trinajstić information content (AvgIpc) is 3.12. The molecule has 0 saturated heterocycles. The molecule has 1 aromatic rings. The van der Waals surface area contributed by atoms with E-state index in [-0.39, 0.29) is 0 Å². The molecule has 0 bridgehead atoms. The Kier molecular flexibility index (Phi) is 2.43. The van der Waals surface area contributed by atoms with E-state index in [2.05, 4.69) is 17.4 Å². The molecule has 1 heterocycles. The lowest BCUT2D eigenvalue weighted by Gasteiger charge is -2.18. The average molecular weight is 215 g/mol. The summed E-state index contributed by atoms with van der Waals surface area (Å²) in [7, 11) is 0. The normalized spacial score (nSPS) is 18.8. The number of Topliss-reactive ketones (excluding diaryl/α,β-unsaturated/α-hetero) is 1. The topological polar surface area (TPSA) is 29.1 Å². The maximum absolute atomic E-state index is 12.0. The van der Waals surface area contributed by atoms with Gasteiger partial charge in [-0.2, -0.15) is 0 Å². The van der Waals surface area contributed by atoms with Crippen LogP contribution in [0.5, 0.6) is 0 Å². The Bertz CT molecular complexity index is 421. The molecule has 2 nitrogen and oxygen atoms in total. The Balaban J connectivity index is 1.81. The molecule has 1 fully saturated rings. The summed E-state index contributed by atoms with van der Waals surface area (Å²) in [6.07, 6.45) is 5.53. The molecule has 2 aliphatic rings. The van der Waals surface area contributed by atoms with Crippen molar-refractivity contribution in [1.29, 1.82) is 0 Å². The second-order valence-electron chi connectivity index (χ2n) is 4.97. The zero-order valence-electron chi connectivity index (χ0n) is 9.46. The summed E-state index contributed by atoms with van der Waals surface area (Å²) in [6, 6.07) is 6.13. The third kappa shape index (κ3) is 1.97. The maximum atomic E-state index is 12.0. The summed E-state index contributed by atoms with van der Waals surface area (Å²) < 4.78 is 0. The number of hydrogen-bond acceptors (Lipinski definition) is 2. The molecule has 1 saturated carbocycles. The molecule has 84 valence electrons. The van der Waals surface area contributed by atoms with Gasteiger partial charge in [0.1, 0.15) is 0 Å². The summed E-state index contributed by atoms with van der Waals surface area (Å²) in [6.45, 7) is 1.06. The van der Waals surface area contributed by atoms with Gasteiger partial charge in [-0.1, -0.05) is 0 Å². The third-order valence-electron chi connectivity index (χ3n) is 3.54. The van der Waals surface area contributed by atoms with Crippen molar-refractivity contribution >= 4 is 11.5 Å². The van der Waals surface area contributed by atoms with E-state index in [1.54, 1.807) is 0 Å². The van der Waals surface area contributed by atoms with Gasteiger partial charge < -0.3 is 5.32 Å². The van der Waals surface area contributed by atoms with Crippen LogP contribution < -0.4 is 5.32 Å². The lowest BCUT2D eigenvalue weighted by Crippen LogP contribution is -2.12. The standard InChI is InChI=1S/C14H17NO/c16-14(8-10-3-4-10)12-5-6-13-11(9-12)2-1-7-15-13/h5-6,9-10,15H,1-4,7-8H2. The minimum atomic E-state index is 0.330. The molecular weight excluding hydrogens is 198 g/mol. The Morgan fingerprint density at radius 2 is 2.25 bits per heavy atom. The zero-order valence-corrected chi connectivity index (χ0v) is 9.46. The van der Waals surface area contributed by atoms with Crippen molar-refractivity contribution in [3.8, 4) is 0 Å². The van der Waals surface area contributed by atoms with Crippen molar-refractivity contribution in [2.45, 2.75) is 32.1 Å². The highest BCUT2D eigenvalue weighted by Gasteiger charge is 2.25. The number of nitrogens with one attached hydrogen (secondary N) is 1. The van der Waals surface area contributed by atoms with E-state index in [9.17, 15) is 4.79 Å². The fourth-order valence-electron chi connectivity index (χ4n) is 2.35. The molecule has 0 radical (unpaired) electrons. The lowest BCUT2D eigenvalue weighted by molar-refractivity contribution is 0.0976. The summed E-state index contributed by atoms with van der Waals surface area (Å²) in [5.74, 6) is 1.01. The lowest BCUT2D eigenvalue weighted by atomic mass is 9.97. The van der Waals surface area contributed by atoms with Crippen LogP contribution >= 0.6 is 0 Å². The summed E-state index contributed by atoms with van der Waals surface area (Å²) in [5, 5.41) is 3.37. The van der Waals surface area contributed by atoms with E-state index in [1.165, 1.54) is 30.5 Å². The zero-order chi connectivity index (χ0) is 11.0. The van der Waals surface area contributed by atoms with E-state index in [0.717, 1.165) is 24.9 Å². The van der Waals surface area contributed by atoms with Gasteiger partial charge in [0.05, 0.1) is 0 Å². The molecule has 0 atom stereocenters. The van der Waals surface area contributed by atoms with Gasteiger partial charge >= 0.3 is 0 Å². The van der Waals surface area contributed by atoms with E-state index >= 15 is 0 Å². The van der Waals surface area contributed by atoms with Gasteiger partial charge in [-0.15, -0.1) is 0 Å². The van der Waals surface area contributed by atoms with E-state index in [0.29, 0.717) is 11.7 Å². The number of rotatable bonds is 3. The first-order valence-electron chi connectivity index (χ1n) is 6.23. The van der Waals surface area contributed by atoms with Crippen LogP contribution in [0.3, 0.4) is 0 Å². The predicted octanol–water partition coefficient (Wildman–Crippen LogP) is 3.03. The number of ketones is 1. The van der Waals surface area contributed by atoms with Gasteiger partial charge in [-0.05, 0) is 55.4 Å². The molecule has 0 spiro atoms. The first-order valence-corrected chi connectivity index (χ1v) is 6.23. The molecule has 1 aromatic carbocycles. The molecule has 0 amide bonds. The van der Waals surface area contributed by atoms with Gasteiger partial charge in [0.25, 0.3) is 0 Å². The molecule has 16 heavy (non-hydrogen) atoms. The van der Waals surface area contributed by atoms with Gasteiger partial charge in [0, 0.05) is 24.2 Å². The van der Waals surface area contributed by atoms with Crippen LogP contribution in [0.2, 0.25) is 0 Å².